The Bertz CT molecular complexity index is 348. The van der Waals surface area contributed by atoms with Gasteiger partial charge in [0.25, 0.3) is 0 Å². The largest absolute Gasteiger partial charge is 0.379 e. The molecule has 0 atom stereocenters. The summed E-state index contributed by atoms with van der Waals surface area (Å²) in [6.45, 7) is 9.10. The van der Waals surface area contributed by atoms with Gasteiger partial charge in [-0.05, 0) is 33.7 Å². The second-order valence-electron chi connectivity index (χ2n) is 7.40. The van der Waals surface area contributed by atoms with Crippen molar-refractivity contribution in [3.05, 3.63) is 0 Å². The molecule has 1 saturated carbocycles. The molecule has 0 spiro atoms. The number of nitrogens with one attached hydrogen (secondary N) is 1. The Morgan fingerprint density at radius 2 is 1.86 bits per heavy atom. The summed E-state index contributed by atoms with van der Waals surface area (Å²) >= 11 is 0. The molecule has 2 fully saturated rings. The number of likely N-dealkylation sites (N-methyl/N-ethyl adjacent to an activating group) is 1. The Hall–Kier alpha value is -0.650. The van der Waals surface area contributed by atoms with E-state index in [4.69, 9.17) is 4.74 Å². The lowest BCUT2D eigenvalue weighted by Gasteiger charge is -2.41. The van der Waals surface area contributed by atoms with E-state index in [0.717, 1.165) is 26.3 Å². The van der Waals surface area contributed by atoms with Gasteiger partial charge in [-0.25, -0.2) is 0 Å². The minimum absolute atomic E-state index is 0.0111. The SMILES string of the molecule is CN(CC(=O)NCC(C)(C)N1CCOCC1)C1CCCCC1. The van der Waals surface area contributed by atoms with Crippen molar-refractivity contribution in [3.63, 3.8) is 0 Å². The normalized spacial score (nSPS) is 22.0. The Kier molecular flexibility index (Phi) is 6.66. The first-order valence-corrected chi connectivity index (χ1v) is 8.79. The van der Waals surface area contributed by atoms with E-state index >= 15 is 0 Å². The average molecular weight is 311 g/mol. The van der Waals surface area contributed by atoms with Gasteiger partial charge >= 0.3 is 0 Å². The fraction of sp³-hybridized carbons (Fsp3) is 0.941. The zero-order valence-electron chi connectivity index (χ0n) is 14.6. The fourth-order valence-corrected chi connectivity index (χ4v) is 3.53. The number of hydrogen-bond donors (Lipinski definition) is 1. The molecular weight excluding hydrogens is 278 g/mol. The van der Waals surface area contributed by atoms with Crippen LogP contribution in [0.3, 0.4) is 0 Å². The van der Waals surface area contributed by atoms with Crippen LogP contribution >= 0.6 is 0 Å². The minimum Gasteiger partial charge on any atom is -0.379 e. The third-order valence-corrected chi connectivity index (χ3v) is 5.18. The molecular formula is C17H33N3O2. The van der Waals surface area contributed by atoms with Crippen LogP contribution in [-0.2, 0) is 9.53 Å². The molecule has 1 N–H and O–H groups in total. The highest BCUT2D eigenvalue weighted by Crippen LogP contribution is 2.21. The lowest BCUT2D eigenvalue weighted by molar-refractivity contribution is -0.123. The van der Waals surface area contributed by atoms with E-state index in [1.807, 2.05) is 0 Å². The lowest BCUT2D eigenvalue weighted by Crippen LogP contribution is -2.56. The minimum atomic E-state index is -0.0111. The monoisotopic (exact) mass is 311 g/mol. The van der Waals surface area contributed by atoms with Gasteiger partial charge in [0, 0.05) is 31.2 Å². The predicted octanol–water partition coefficient (Wildman–Crippen LogP) is 1.48. The highest BCUT2D eigenvalue weighted by atomic mass is 16.5. The van der Waals surface area contributed by atoms with Crippen molar-refractivity contribution in [2.45, 2.75) is 57.5 Å². The summed E-state index contributed by atoms with van der Waals surface area (Å²) in [6, 6.07) is 0.590. The zero-order chi connectivity index (χ0) is 16.0. The second kappa shape index (κ2) is 8.27. The third kappa shape index (κ3) is 5.21. The van der Waals surface area contributed by atoms with Crippen LogP contribution in [0.15, 0.2) is 0 Å². The smallest absolute Gasteiger partial charge is 0.234 e. The molecule has 1 aliphatic heterocycles. The molecule has 0 unspecified atom stereocenters. The molecule has 1 saturated heterocycles. The van der Waals surface area contributed by atoms with Gasteiger partial charge in [0.2, 0.25) is 5.91 Å². The van der Waals surface area contributed by atoms with Gasteiger partial charge in [-0.3, -0.25) is 14.6 Å². The molecule has 0 aromatic heterocycles. The third-order valence-electron chi connectivity index (χ3n) is 5.18. The Labute approximate surface area is 135 Å². The molecule has 2 aliphatic rings. The number of morpholine rings is 1. The fourth-order valence-electron chi connectivity index (χ4n) is 3.53. The molecule has 1 aliphatic carbocycles. The summed E-state index contributed by atoms with van der Waals surface area (Å²) in [5, 5.41) is 3.13. The molecule has 1 heterocycles. The Morgan fingerprint density at radius 3 is 2.50 bits per heavy atom. The number of rotatable bonds is 6. The maximum Gasteiger partial charge on any atom is 0.234 e. The van der Waals surface area contributed by atoms with Gasteiger partial charge in [-0.1, -0.05) is 19.3 Å². The molecule has 0 radical (unpaired) electrons. The van der Waals surface area contributed by atoms with E-state index in [-0.39, 0.29) is 11.4 Å². The highest BCUT2D eigenvalue weighted by molar-refractivity contribution is 5.78. The van der Waals surface area contributed by atoms with Crippen LogP contribution < -0.4 is 5.32 Å². The van der Waals surface area contributed by atoms with Crippen molar-refractivity contribution in [1.29, 1.82) is 0 Å². The highest BCUT2D eigenvalue weighted by Gasteiger charge is 2.29. The molecule has 1 amide bonds. The molecule has 0 bridgehead atoms. The summed E-state index contributed by atoms with van der Waals surface area (Å²) < 4.78 is 5.40. The Balaban J connectivity index is 1.71. The number of amides is 1. The zero-order valence-corrected chi connectivity index (χ0v) is 14.6. The summed E-state index contributed by atoms with van der Waals surface area (Å²) in [5.74, 6) is 0.148. The van der Waals surface area contributed by atoms with E-state index in [1.165, 1.54) is 32.1 Å². The lowest BCUT2D eigenvalue weighted by atomic mass is 9.94. The van der Waals surface area contributed by atoms with Crippen molar-refractivity contribution in [3.8, 4) is 0 Å². The summed E-state index contributed by atoms with van der Waals surface area (Å²) in [5.41, 5.74) is -0.0111. The van der Waals surface area contributed by atoms with Gasteiger partial charge in [0.1, 0.15) is 0 Å². The van der Waals surface area contributed by atoms with Crippen molar-refractivity contribution in [2.75, 3.05) is 46.4 Å². The first-order valence-electron chi connectivity index (χ1n) is 8.79. The van der Waals surface area contributed by atoms with Crippen LogP contribution in [0.5, 0.6) is 0 Å². The number of carbonyl (C=O) groups is 1. The maximum absolute atomic E-state index is 12.2. The molecule has 128 valence electrons. The van der Waals surface area contributed by atoms with Crippen molar-refractivity contribution >= 4 is 5.91 Å². The van der Waals surface area contributed by atoms with E-state index < -0.39 is 0 Å². The number of ether oxygens (including phenoxy) is 1. The van der Waals surface area contributed by atoms with Gasteiger partial charge < -0.3 is 10.1 Å². The van der Waals surface area contributed by atoms with Crippen molar-refractivity contribution < 1.29 is 9.53 Å². The van der Waals surface area contributed by atoms with Crippen LogP contribution in [0.2, 0.25) is 0 Å². The van der Waals surface area contributed by atoms with Crippen LogP contribution in [0.1, 0.15) is 46.0 Å². The molecule has 0 aromatic carbocycles. The first-order chi connectivity index (χ1) is 10.5. The maximum atomic E-state index is 12.2. The number of hydrogen-bond acceptors (Lipinski definition) is 4. The van der Waals surface area contributed by atoms with E-state index in [1.54, 1.807) is 0 Å². The summed E-state index contributed by atoms with van der Waals surface area (Å²) in [6.07, 6.45) is 6.44. The van der Waals surface area contributed by atoms with Gasteiger partial charge in [0.05, 0.1) is 19.8 Å². The van der Waals surface area contributed by atoms with Crippen LogP contribution in [-0.4, -0.2) is 73.7 Å². The predicted molar refractivity (Wildman–Crippen MR) is 89.0 cm³/mol. The topological polar surface area (TPSA) is 44.8 Å². The Morgan fingerprint density at radius 1 is 1.23 bits per heavy atom. The number of carbonyl (C=O) groups excluding carboxylic acids is 1. The van der Waals surface area contributed by atoms with E-state index in [0.29, 0.717) is 19.1 Å². The first kappa shape index (κ1) is 17.7. The van der Waals surface area contributed by atoms with E-state index in [2.05, 4.69) is 36.0 Å². The quantitative estimate of drug-likeness (QED) is 0.807. The molecule has 2 rings (SSSR count). The standard InChI is InChI=1S/C17H33N3O2/c1-17(2,20-9-11-22-12-10-20)14-18-16(21)13-19(3)15-7-5-4-6-8-15/h15H,4-14H2,1-3H3,(H,18,21). The van der Waals surface area contributed by atoms with Crippen molar-refractivity contribution in [1.82, 2.24) is 15.1 Å². The average Bonchev–Trinajstić information content (AvgIpc) is 2.55. The van der Waals surface area contributed by atoms with Gasteiger partial charge in [0.15, 0.2) is 0 Å². The molecule has 0 aromatic rings. The van der Waals surface area contributed by atoms with Crippen LogP contribution in [0.4, 0.5) is 0 Å². The summed E-state index contributed by atoms with van der Waals surface area (Å²) in [7, 11) is 2.09. The number of nitrogens with zero attached hydrogens (tertiary/aromatic N) is 2. The molecule has 5 nitrogen and oxygen atoms in total. The van der Waals surface area contributed by atoms with Crippen molar-refractivity contribution in [2.24, 2.45) is 0 Å². The molecule has 22 heavy (non-hydrogen) atoms. The van der Waals surface area contributed by atoms with Gasteiger partial charge in [-0.2, -0.15) is 0 Å². The van der Waals surface area contributed by atoms with Crippen LogP contribution in [0, 0.1) is 0 Å². The van der Waals surface area contributed by atoms with Gasteiger partial charge in [-0.15, -0.1) is 0 Å². The summed E-state index contributed by atoms with van der Waals surface area (Å²) in [4.78, 5) is 16.9. The second-order valence-corrected chi connectivity index (χ2v) is 7.40. The van der Waals surface area contributed by atoms with Crippen LogP contribution in [0.25, 0.3) is 0 Å². The molecule has 5 heteroatoms. The van der Waals surface area contributed by atoms with E-state index in [9.17, 15) is 4.79 Å².